The number of carbonyl (C=O) groups excluding carboxylic acids is 1. The summed E-state index contributed by atoms with van der Waals surface area (Å²) in [6, 6.07) is 4.14. The minimum Gasteiger partial charge on any atom is -0.493 e. The van der Waals surface area contributed by atoms with Crippen LogP contribution >= 0.6 is 0 Å². The first-order valence-electron chi connectivity index (χ1n) is 10.9. The van der Waals surface area contributed by atoms with Crippen LogP contribution in [0.5, 0.6) is 11.5 Å². The van der Waals surface area contributed by atoms with Gasteiger partial charge in [-0.15, -0.1) is 0 Å². The molecule has 0 aromatic heterocycles. The summed E-state index contributed by atoms with van der Waals surface area (Å²) in [5.74, 6) is 1.91. The highest BCUT2D eigenvalue weighted by Gasteiger charge is 2.66. The first-order valence-corrected chi connectivity index (χ1v) is 10.9. The van der Waals surface area contributed by atoms with Crippen LogP contribution in [-0.2, 0) is 21.4 Å². The zero-order chi connectivity index (χ0) is 20.5. The summed E-state index contributed by atoms with van der Waals surface area (Å²) in [6.45, 7) is 4.93. The predicted octanol–water partition coefficient (Wildman–Crippen LogP) is 2.26. The Morgan fingerprint density at radius 2 is 2.14 bits per heavy atom. The van der Waals surface area contributed by atoms with Crippen molar-refractivity contribution in [1.82, 2.24) is 4.90 Å². The van der Waals surface area contributed by atoms with Crippen LogP contribution in [-0.4, -0.2) is 55.9 Å². The second-order valence-electron chi connectivity index (χ2n) is 9.64. The molecule has 29 heavy (non-hydrogen) atoms. The Hall–Kier alpha value is -1.79. The van der Waals surface area contributed by atoms with Crippen molar-refractivity contribution in [3.63, 3.8) is 0 Å². The van der Waals surface area contributed by atoms with E-state index in [2.05, 4.69) is 18.0 Å². The number of likely N-dealkylation sites (N-methyl/N-ethyl adjacent to an activating group) is 1. The average molecular weight is 401 g/mol. The molecule has 2 heterocycles. The Morgan fingerprint density at radius 3 is 2.86 bits per heavy atom. The molecule has 1 saturated carbocycles. The van der Waals surface area contributed by atoms with Crippen molar-refractivity contribution < 1.29 is 19.0 Å². The second kappa shape index (κ2) is 6.61. The SMILES string of the molecule is COc1ccc2c3c1O[C@H]1[C@@H](OC(=O)[C@@H](N)C(C)C)CC[C@H]4[C@@H](C2)N(C)CC[C@@]341. The maximum absolute atomic E-state index is 12.7. The Kier molecular flexibility index (Phi) is 4.37. The third kappa shape index (κ3) is 2.51. The van der Waals surface area contributed by atoms with E-state index in [1.807, 2.05) is 19.9 Å². The first-order chi connectivity index (χ1) is 13.9. The van der Waals surface area contributed by atoms with Crippen LogP contribution in [0.2, 0.25) is 0 Å². The molecular weight excluding hydrogens is 368 g/mol. The molecule has 2 fully saturated rings. The van der Waals surface area contributed by atoms with Crippen molar-refractivity contribution in [2.45, 2.75) is 69.2 Å². The molecule has 2 N–H and O–H groups in total. The van der Waals surface area contributed by atoms with Gasteiger partial charge in [-0.2, -0.15) is 0 Å². The van der Waals surface area contributed by atoms with Gasteiger partial charge in [0, 0.05) is 17.0 Å². The predicted molar refractivity (Wildman–Crippen MR) is 109 cm³/mol. The molecule has 0 amide bonds. The molecule has 1 aromatic carbocycles. The molecule has 2 aliphatic heterocycles. The quantitative estimate of drug-likeness (QED) is 0.782. The Balaban J connectivity index is 1.57. The lowest BCUT2D eigenvalue weighted by Crippen LogP contribution is -2.66. The van der Waals surface area contributed by atoms with Gasteiger partial charge in [0.2, 0.25) is 0 Å². The lowest BCUT2D eigenvalue weighted by atomic mass is 9.51. The van der Waals surface area contributed by atoms with Gasteiger partial charge in [0.25, 0.3) is 0 Å². The number of nitrogens with two attached hydrogens (primary N) is 1. The number of carbonyl (C=O) groups is 1. The van der Waals surface area contributed by atoms with Gasteiger partial charge in [-0.05, 0) is 62.7 Å². The molecule has 4 aliphatic rings. The van der Waals surface area contributed by atoms with E-state index in [-0.39, 0.29) is 29.5 Å². The van der Waals surface area contributed by atoms with E-state index < -0.39 is 6.04 Å². The summed E-state index contributed by atoms with van der Waals surface area (Å²) in [5, 5.41) is 0. The van der Waals surface area contributed by atoms with Crippen LogP contribution in [0.1, 0.15) is 44.2 Å². The molecule has 158 valence electrons. The van der Waals surface area contributed by atoms with Crippen LogP contribution in [0.3, 0.4) is 0 Å². The fourth-order valence-electron chi connectivity index (χ4n) is 6.46. The van der Waals surface area contributed by atoms with Crippen LogP contribution < -0.4 is 15.2 Å². The standard InChI is InChI=1S/C23H32N2O4/c1-12(2)19(24)22(26)28-17-8-6-14-15-11-13-5-7-16(27-4)20-18(13)23(14,21(17)29-20)9-10-25(15)3/h5,7,12,14-15,17,19,21H,6,8-11,24H2,1-4H3/t14-,15+,17-,19-,21-,23-/m0/s1. The molecule has 2 aliphatic carbocycles. The Bertz CT molecular complexity index is 840. The minimum atomic E-state index is -0.601. The molecule has 0 unspecified atom stereocenters. The number of likely N-dealkylation sites (tertiary alicyclic amines) is 1. The lowest BCUT2D eigenvalue weighted by Gasteiger charge is -2.58. The fraction of sp³-hybridized carbons (Fsp3) is 0.696. The summed E-state index contributed by atoms with van der Waals surface area (Å²) in [6.07, 6.45) is 3.51. The van der Waals surface area contributed by atoms with Gasteiger partial charge in [-0.1, -0.05) is 19.9 Å². The molecule has 6 atom stereocenters. The second-order valence-corrected chi connectivity index (χ2v) is 9.64. The highest BCUT2D eigenvalue weighted by atomic mass is 16.6. The lowest BCUT2D eigenvalue weighted by molar-refractivity contribution is -0.168. The van der Waals surface area contributed by atoms with E-state index in [0.29, 0.717) is 12.0 Å². The van der Waals surface area contributed by atoms with E-state index in [9.17, 15) is 4.79 Å². The zero-order valence-corrected chi connectivity index (χ0v) is 17.8. The number of ether oxygens (including phenoxy) is 3. The van der Waals surface area contributed by atoms with E-state index in [0.717, 1.165) is 43.7 Å². The molecule has 6 nitrogen and oxygen atoms in total. The van der Waals surface area contributed by atoms with Crippen molar-refractivity contribution >= 4 is 5.97 Å². The molecule has 1 aromatic rings. The maximum Gasteiger partial charge on any atom is 0.323 e. The van der Waals surface area contributed by atoms with Crippen LogP contribution in [0, 0.1) is 11.8 Å². The van der Waals surface area contributed by atoms with Gasteiger partial charge >= 0.3 is 5.97 Å². The number of hydrogen-bond acceptors (Lipinski definition) is 6. The van der Waals surface area contributed by atoms with Gasteiger partial charge in [0.15, 0.2) is 11.5 Å². The fourth-order valence-corrected chi connectivity index (χ4v) is 6.46. The largest absolute Gasteiger partial charge is 0.493 e. The normalized spacial score (nSPS) is 35.7. The van der Waals surface area contributed by atoms with Gasteiger partial charge in [-0.3, -0.25) is 4.79 Å². The number of nitrogens with zero attached hydrogens (tertiary/aromatic N) is 1. The van der Waals surface area contributed by atoms with Crippen molar-refractivity contribution in [1.29, 1.82) is 0 Å². The summed E-state index contributed by atoms with van der Waals surface area (Å²) < 4.78 is 18.3. The number of benzene rings is 1. The number of rotatable bonds is 4. The molecule has 1 spiro atoms. The van der Waals surface area contributed by atoms with Crippen LogP contribution in [0.4, 0.5) is 0 Å². The van der Waals surface area contributed by atoms with Gasteiger partial charge in [0.05, 0.1) is 7.11 Å². The molecule has 2 bridgehead atoms. The zero-order valence-electron chi connectivity index (χ0n) is 17.8. The number of hydrogen-bond donors (Lipinski definition) is 1. The smallest absolute Gasteiger partial charge is 0.323 e. The Labute approximate surface area is 172 Å². The van der Waals surface area contributed by atoms with E-state index in [4.69, 9.17) is 19.9 Å². The molecule has 6 heteroatoms. The van der Waals surface area contributed by atoms with Crippen molar-refractivity contribution in [3.8, 4) is 11.5 Å². The summed E-state index contributed by atoms with van der Waals surface area (Å²) in [5.41, 5.74) is 8.67. The topological polar surface area (TPSA) is 74.0 Å². The third-order valence-corrected chi connectivity index (χ3v) is 8.00. The minimum absolute atomic E-state index is 0.0489. The highest BCUT2D eigenvalue weighted by molar-refractivity contribution is 5.76. The Morgan fingerprint density at radius 1 is 1.34 bits per heavy atom. The van der Waals surface area contributed by atoms with Crippen LogP contribution in [0.15, 0.2) is 12.1 Å². The van der Waals surface area contributed by atoms with Gasteiger partial charge < -0.3 is 24.8 Å². The third-order valence-electron chi connectivity index (χ3n) is 8.00. The first kappa shape index (κ1) is 19.2. The van der Waals surface area contributed by atoms with E-state index >= 15 is 0 Å². The van der Waals surface area contributed by atoms with Crippen LogP contribution in [0.25, 0.3) is 0 Å². The van der Waals surface area contributed by atoms with Gasteiger partial charge in [0.1, 0.15) is 18.2 Å². The number of piperidine rings is 1. The van der Waals surface area contributed by atoms with E-state index in [1.165, 1.54) is 11.1 Å². The summed E-state index contributed by atoms with van der Waals surface area (Å²) in [4.78, 5) is 15.2. The van der Waals surface area contributed by atoms with E-state index in [1.54, 1.807) is 7.11 Å². The molecule has 1 saturated heterocycles. The van der Waals surface area contributed by atoms with Crippen molar-refractivity contribution in [3.05, 3.63) is 23.3 Å². The monoisotopic (exact) mass is 400 g/mol. The molecular formula is C23H32N2O4. The summed E-state index contributed by atoms with van der Waals surface area (Å²) in [7, 11) is 3.93. The number of esters is 1. The summed E-state index contributed by atoms with van der Waals surface area (Å²) >= 11 is 0. The van der Waals surface area contributed by atoms with Crippen molar-refractivity contribution in [2.24, 2.45) is 17.6 Å². The average Bonchev–Trinajstić information content (AvgIpc) is 3.06. The van der Waals surface area contributed by atoms with Crippen molar-refractivity contribution in [2.75, 3.05) is 20.7 Å². The van der Waals surface area contributed by atoms with Gasteiger partial charge in [-0.25, -0.2) is 0 Å². The molecule has 5 rings (SSSR count). The number of methoxy groups -OCH3 is 1. The maximum atomic E-state index is 12.7. The molecule has 0 radical (unpaired) electrons. The highest BCUT2D eigenvalue weighted by Crippen LogP contribution is 2.64.